The van der Waals surface area contributed by atoms with Gasteiger partial charge in [-0.05, 0) is 61.7 Å². The third-order valence-corrected chi connectivity index (χ3v) is 7.03. The molecule has 3 aliphatic heterocycles. The summed E-state index contributed by atoms with van der Waals surface area (Å²) in [6, 6.07) is 15.2. The molecule has 0 radical (unpaired) electrons. The number of nitrogens with one attached hydrogen (secondary N) is 2. The van der Waals surface area contributed by atoms with Gasteiger partial charge in [0.1, 0.15) is 0 Å². The second-order valence-electron chi connectivity index (χ2n) is 8.75. The van der Waals surface area contributed by atoms with Crippen molar-refractivity contribution in [2.45, 2.75) is 25.8 Å². The SMILES string of the molecule is CC1=C2c3ccc(C4=CCN(C)CC4)cc3C(Nc3ccccc3Cl)CCN2NN1C. The Morgan fingerprint density at radius 1 is 1.10 bits per heavy atom. The van der Waals surface area contributed by atoms with Gasteiger partial charge in [0, 0.05) is 32.2 Å². The van der Waals surface area contributed by atoms with Gasteiger partial charge in [0.25, 0.3) is 0 Å². The van der Waals surface area contributed by atoms with Crippen LogP contribution in [0.2, 0.25) is 5.02 Å². The minimum atomic E-state index is 0.180. The molecule has 1 unspecified atom stereocenters. The van der Waals surface area contributed by atoms with E-state index in [1.54, 1.807) is 0 Å². The predicted octanol–water partition coefficient (Wildman–Crippen LogP) is 4.97. The topological polar surface area (TPSA) is 33.8 Å². The number of anilines is 1. The Kier molecular flexibility index (Phi) is 5.42. The third-order valence-electron chi connectivity index (χ3n) is 6.70. The van der Waals surface area contributed by atoms with Gasteiger partial charge in [-0.2, -0.15) is 0 Å². The third kappa shape index (κ3) is 3.82. The maximum Gasteiger partial charge on any atom is 0.0816 e. The maximum absolute atomic E-state index is 6.50. The number of allylic oxidation sites excluding steroid dienone is 1. The van der Waals surface area contributed by atoms with Crippen LogP contribution in [0.1, 0.15) is 42.5 Å². The van der Waals surface area contributed by atoms with Gasteiger partial charge in [0.05, 0.1) is 28.1 Å². The zero-order valence-corrected chi connectivity index (χ0v) is 19.2. The second kappa shape index (κ2) is 8.23. The van der Waals surface area contributed by atoms with Crippen molar-refractivity contribution < 1.29 is 0 Å². The number of likely N-dealkylation sites (N-methyl/N-ethyl adjacent to an activating group) is 1. The Bertz CT molecular complexity index is 1060. The smallest absolute Gasteiger partial charge is 0.0816 e. The second-order valence-corrected chi connectivity index (χ2v) is 9.16. The lowest BCUT2D eigenvalue weighted by molar-refractivity contribution is 0.160. The molecule has 5 rings (SSSR count). The molecule has 162 valence electrons. The first kappa shape index (κ1) is 20.4. The fourth-order valence-corrected chi connectivity index (χ4v) is 4.98. The standard InChI is InChI=1S/C25H30ClN5/c1-17-25-20-9-8-19(18-10-13-29(2)14-11-18)16-21(20)23(12-15-31(25)28-30(17)3)27-24-7-5-4-6-22(24)26/h4-10,16,23,27-28H,11-15H2,1-3H3. The highest BCUT2D eigenvalue weighted by Gasteiger charge is 2.32. The molecule has 6 heteroatoms. The van der Waals surface area contributed by atoms with Crippen molar-refractivity contribution >= 4 is 28.6 Å². The molecule has 5 nitrogen and oxygen atoms in total. The van der Waals surface area contributed by atoms with E-state index in [4.69, 9.17) is 11.6 Å². The van der Waals surface area contributed by atoms with Gasteiger partial charge >= 0.3 is 0 Å². The molecule has 0 fully saturated rings. The van der Waals surface area contributed by atoms with Gasteiger partial charge < -0.3 is 10.2 Å². The van der Waals surface area contributed by atoms with Crippen molar-refractivity contribution in [1.29, 1.82) is 0 Å². The van der Waals surface area contributed by atoms with Crippen molar-refractivity contribution in [1.82, 2.24) is 20.5 Å². The Labute approximate surface area is 189 Å². The summed E-state index contributed by atoms with van der Waals surface area (Å²) < 4.78 is 0. The molecule has 3 heterocycles. The number of halogens is 1. The van der Waals surface area contributed by atoms with Crippen molar-refractivity contribution in [3.63, 3.8) is 0 Å². The largest absolute Gasteiger partial charge is 0.377 e. The molecule has 0 bridgehead atoms. The van der Waals surface area contributed by atoms with Gasteiger partial charge in [-0.1, -0.05) is 41.9 Å². The normalized spacial score (nSPS) is 21.5. The summed E-state index contributed by atoms with van der Waals surface area (Å²) in [6.45, 7) is 5.22. The van der Waals surface area contributed by atoms with Crippen LogP contribution < -0.4 is 10.9 Å². The van der Waals surface area contributed by atoms with Crippen LogP contribution in [0.25, 0.3) is 11.3 Å². The first-order valence-corrected chi connectivity index (χ1v) is 11.4. The summed E-state index contributed by atoms with van der Waals surface area (Å²) >= 11 is 6.50. The fraction of sp³-hybridized carbons (Fsp3) is 0.360. The first-order valence-electron chi connectivity index (χ1n) is 11.0. The number of rotatable bonds is 3. The highest BCUT2D eigenvalue weighted by atomic mass is 35.5. The molecule has 0 amide bonds. The summed E-state index contributed by atoms with van der Waals surface area (Å²) in [6.07, 6.45) is 4.44. The molecule has 2 aromatic carbocycles. The average molecular weight is 436 g/mol. The lowest BCUT2D eigenvalue weighted by Gasteiger charge is -2.25. The summed E-state index contributed by atoms with van der Waals surface area (Å²) in [5, 5.41) is 8.89. The summed E-state index contributed by atoms with van der Waals surface area (Å²) in [4.78, 5) is 2.36. The lowest BCUT2D eigenvalue weighted by atomic mass is 9.90. The number of fused-ring (bicyclic) bond motifs is 3. The van der Waals surface area contributed by atoms with Crippen LogP contribution in [-0.4, -0.2) is 48.6 Å². The van der Waals surface area contributed by atoms with E-state index in [9.17, 15) is 0 Å². The van der Waals surface area contributed by atoms with E-state index in [2.05, 4.69) is 77.1 Å². The summed E-state index contributed by atoms with van der Waals surface area (Å²) in [5.41, 5.74) is 12.4. The maximum atomic E-state index is 6.50. The number of hydrogen-bond acceptors (Lipinski definition) is 5. The molecule has 2 aromatic rings. The van der Waals surface area contributed by atoms with Crippen molar-refractivity contribution in [2.75, 3.05) is 39.0 Å². The average Bonchev–Trinajstić information content (AvgIpc) is 2.96. The molecule has 0 saturated heterocycles. The quantitative estimate of drug-likeness (QED) is 0.711. The molecular formula is C25H30ClN5. The van der Waals surface area contributed by atoms with Gasteiger partial charge in [-0.15, -0.1) is 5.53 Å². The molecule has 0 aromatic heterocycles. The van der Waals surface area contributed by atoms with Crippen LogP contribution in [0.15, 0.2) is 54.2 Å². The first-order chi connectivity index (χ1) is 15.0. The van der Waals surface area contributed by atoms with Gasteiger partial charge in [0.15, 0.2) is 0 Å². The van der Waals surface area contributed by atoms with E-state index in [0.29, 0.717) is 0 Å². The minimum Gasteiger partial charge on any atom is -0.377 e. The van der Waals surface area contributed by atoms with Crippen LogP contribution >= 0.6 is 11.6 Å². The Morgan fingerprint density at radius 3 is 2.71 bits per heavy atom. The molecule has 31 heavy (non-hydrogen) atoms. The minimum absolute atomic E-state index is 0.180. The van der Waals surface area contributed by atoms with Gasteiger partial charge in [0.2, 0.25) is 0 Å². The van der Waals surface area contributed by atoms with Crippen molar-refractivity contribution in [2.24, 2.45) is 0 Å². The molecule has 3 aliphatic rings. The highest BCUT2D eigenvalue weighted by molar-refractivity contribution is 6.33. The van der Waals surface area contributed by atoms with Crippen molar-refractivity contribution in [3.8, 4) is 0 Å². The summed E-state index contributed by atoms with van der Waals surface area (Å²) in [7, 11) is 4.26. The Balaban J connectivity index is 1.60. The van der Waals surface area contributed by atoms with E-state index < -0.39 is 0 Å². The number of para-hydroxylation sites is 1. The van der Waals surface area contributed by atoms with E-state index in [1.807, 2.05) is 18.2 Å². The highest BCUT2D eigenvalue weighted by Crippen LogP contribution is 2.40. The molecule has 0 spiro atoms. The van der Waals surface area contributed by atoms with E-state index in [-0.39, 0.29) is 6.04 Å². The number of benzene rings is 2. The zero-order chi connectivity index (χ0) is 21.5. The molecule has 1 atom stereocenters. The molecule has 2 N–H and O–H groups in total. The predicted molar refractivity (Wildman–Crippen MR) is 129 cm³/mol. The van der Waals surface area contributed by atoms with Crippen LogP contribution in [0.3, 0.4) is 0 Å². The fourth-order valence-electron chi connectivity index (χ4n) is 4.79. The van der Waals surface area contributed by atoms with Crippen LogP contribution in [0.5, 0.6) is 0 Å². The van der Waals surface area contributed by atoms with Crippen LogP contribution in [-0.2, 0) is 0 Å². The molecule has 0 aliphatic carbocycles. The molecule has 0 saturated carbocycles. The van der Waals surface area contributed by atoms with Crippen LogP contribution in [0, 0.1) is 0 Å². The van der Waals surface area contributed by atoms with Crippen LogP contribution in [0.4, 0.5) is 5.69 Å². The molecular weight excluding hydrogens is 406 g/mol. The van der Waals surface area contributed by atoms with Gasteiger partial charge in [-0.3, -0.25) is 10.0 Å². The number of hydrazine groups is 2. The summed E-state index contributed by atoms with van der Waals surface area (Å²) in [5.74, 6) is 0. The van der Waals surface area contributed by atoms with Gasteiger partial charge in [-0.25, -0.2) is 0 Å². The Morgan fingerprint density at radius 2 is 1.94 bits per heavy atom. The number of hydrogen-bond donors (Lipinski definition) is 2. The Hall–Kier alpha value is -2.47. The van der Waals surface area contributed by atoms with E-state index >= 15 is 0 Å². The monoisotopic (exact) mass is 435 g/mol. The van der Waals surface area contributed by atoms with Crippen molar-refractivity contribution in [3.05, 3.63) is 76.0 Å². The lowest BCUT2D eigenvalue weighted by Crippen LogP contribution is -2.39. The zero-order valence-electron chi connectivity index (χ0n) is 18.5. The van der Waals surface area contributed by atoms with E-state index in [0.717, 1.165) is 43.2 Å². The number of nitrogens with zero attached hydrogens (tertiary/aromatic N) is 3. The van der Waals surface area contributed by atoms with E-state index in [1.165, 1.54) is 33.7 Å².